The lowest BCUT2D eigenvalue weighted by molar-refractivity contribution is 0.0695. The summed E-state index contributed by atoms with van der Waals surface area (Å²) in [5.41, 5.74) is 10.6. The second-order valence-corrected chi connectivity index (χ2v) is 9.75. The van der Waals surface area contributed by atoms with Crippen molar-refractivity contribution in [2.75, 3.05) is 11.1 Å². The van der Waals surface area contributed by atoms with Crippen LogP contribution in [0.4, 0.5) is 17.1 Å². The number of nitrogens with two attached hydrogens (primary N) is 2. The number of carboxylic acids is 1. The lowest BCUT2D eigenvalue weighted by atomic mass is 10.1. The zero-order valence-corrected chi connectivity index (χ0v) is 23.0. The molecule has 0 saturated heterocycles. The topological polar surface area (TPSA) is 241 Å². The normalized spacial score (nSPS) is 11.7. The fraction of sp³-hybridized carbons (Fsp3) is 0.103. The second kappa shape index (κ2) is 11.5. The largest absolute Gasteiger partial charge is 0.478 e. The number of carbonyl (C=O) groups is 4. The lowest BCUT2D eigenvalue weighted by Gasteiger charge is -2.15. The minimum Gasteiger partial charge on any atom is -0.478 e. The molecule has 15 nitrogen and oxygen atoms in total. The molecular formula is C29H24N8O7. The number of benzene rings is 2. The molecule has 5 rings (SSSR count). The van der Waals surface area contributed by atoms with Gasteiger partial charge in [0.05, 0.1) is 11.6 Å². The number of anilines is 3. The standard InChI is InChI=1S/C29H24N8O7/c1-13(15-5-7-16(8-6-15)29(43)44)34-27(41)18-10-19(37-12-33-22(25(31)40)26(37)36-18)28(42)32-11-14-3-2-4-17(9-14)35-21-20(30)23(38)24(21)39/h2-10,12-13,35H,11,30H2,1H3,(H2,31,40)(H,32,42)(H,34,41)(H,43,44)/t13-/m0/s1. The van der Waals surface area contributed by atoms with Crippen molar-refractivity contribution in [1.82, 2.24) is 25.0 Å². The van der Waals surface area contributed by atoms with Crippen LogP contribution in [-0.4, -0.2) is 43.2 Å². The Morgan fingerprint density at radius 1 is 1.00 bits per heavy atom. The fourth-order valence-corrected chi connectivity index (χ4v) is 4.41. The molecule has 44 heavy (non-hydrogen) atoms. The SMILES string of the molecule is C[C@H](NC(=O)c1cc(C(=O)NCc2cccc(Nc3c(N)c(=O)c3=O)c2)n2cnc(C(N)=O)c2n1)c1ccc(C(=O)O)cc1. The van der Waals surface area contributed by atoms with E-state index in [1.54, 1.807) is 43.3 Å². The number of imidazole rings is 1. The van der Waals surface area contributed by atoms with Gasteiger partial charge in [0.1, 0.15) is 29.1 Å². The molecule has 0 bridgehead atoms. The van der Waals surface area contributed by atoms with E-state index in [2.05, 4.69) is 25.9 Å². The van der Waals surface area contributed by atoms with E-state index < -0.39 is 40.6 Å². The van der Waals surface area contributed by atoms with Crippen LogP contribution < -0.4 is 38.3 Å². The molecule has 15 heteroatoms. The summed E-state index contributed by atoms with van der Waals surface area (Å²) in [7, 11) is 0. The van der Waals surface area contributed by atoms with E-state index in [0.29, 0.717) is 16.8 Å². The van der Waals surface area contributed by atoms with Gasteiger partial charge in [-0.05, 0) is 48.4 Å². The molecule has 222 valence electrons. The molecule has 3 aromatic carbocycles. The maximum Gasteiger partial charge on any atom is 0.335 e. The number of carbonyl (C=O) groups excluding carboxylic acids is 3. The van der Waals surface area contributed by atoms with Crippen molar-refractivity contribution < 1.29 is 24.3 Å². The number of fused-ring (bicyclic) bond motifs is 1. The van der Waals surface area contributed by atoms with Gasteiger partial charge in [0.2, 0.25) is 0 Å². The Bertz CT molecular complexity index is 2040. The molecular weight excluding hydrogens is 572 g/mol. The molecule has 0 aliphatic carbocycles. The summed E-state index contributed by atoms with van der Waals surface area (Å²) >= 11 is 0. The lowest BCUT2D eigenvalue weighted by Crippen LogP contribution is -2.36. The first-order valence-corrected chi connectivity index (χ1v) is 13.0. The van der Waals surface area contributed by atoms with Gasteiger partial charge in [-0.2, -0.15) is 0 Å². The zero-order valence-electron chi connectivity index (χ0n) is 23.0. The first kappa shape index (κ1) is 29.1. The Morgan fingerprint density at radius 3 is 2.39 bits per heavy atom. The van der Waals surface area contributed by atoms with Crippen LogP contribution in [0.3, 0.4) is 0 Å². The van der Waals surface area contributed by atoms with E-state index in [0.717, 1.165) is 0 Å². The van der Waals surface area contributed by atoms with E-state index >= 15 is 0 Å². The van der Waals surface area contributed by atoms with Crippen molar-refractivity contribution in [3.05, 3.63) is 115 Å². The second-order valence-electron chi connectivity index (χ2n) is 9.75. The van der Waals surface area contributed by atoms with E-state index in [1.807, 2.05) is 0 Å². The molecule has 0 fully saturated rings. The van der Waals surface area contributed by atoms with Crippen molar-refractivity contribution in [1.29, 1.82) is 0 Å². The summed E-state index contributed by atoms with van der Waals surface area (Å²) < 4.78 is 1.23. The highest BCUT2D eigenvalue weighted by Gasteiger charge is 2.23. The highest BCUT2D eigenvalue weighted by atomic mass is 16.4. The quantitative estimate of drug-likeness (QED) is 0.124. The molecule has 1 atom stereocenters. The average molecular weight is 597 g/mol. The van der Waals surface area contributed by atoms with Gasteiger partial charge in [-0.3, -0.25) is 28.4 Å². The molecule has 2 aromatic heterocycles. The average Bonchev–Trinajstić information content (AvgIpc) is 3.46. The molecule has 3 amide bonds. The number of nitrogens with zero attached hydrogens (tertiary/aromatic N) is 3. The summed E-state index contributed by atoms with van der Waals surface area (Å²) in [6.45, 7) is 1.70. The summed E-state index contributed by atoms with van der Waals surface area (Å²) in [5.74, 6) is -3.31. The summed E-state index contributed by atoms with van der Waals surface area (Å²) in [5, 5.41) is 17.4. The number of hydrogen-bond acceptors (Lipinski definition) is 10. The van der Waals surface area contributed by atoms with Crippen molar-refractivity contribution in [3.63, 3.8) is 0 Å². The summed E-state index contributed by atoms with van der Waals surface area (Å²) in [6.07, 6.45) is 1.19. The molecule has 0 aliphatic heterocycles. The van der Waals surface area contributed by atoms with Crippen LogP contribution in [0.25, 0.3) is 5.65 Å². The van der Waals surface area contributed by atoms with Crippen LogP contribution in [0.15, 0.2) is 70.5 Å². The van der Waals surface area contributed by atoms with Gasteiger partial charge in [-0.25, -0.2) is 14.8 Å². The van der Waals surface area contributed by atoms with E-state index in [4.69, 9.17) is 16.6 Å². The van der Waals surface area contributed by atoms with Gasteiger partial charge >= 0.3 is 5.97 Å². The Hall–Kier alpha value is -6.38. The van der Waals surface area contributed by atoms with E-state index in [-0.39, 0.29) is 46.2 Å². The predicted molar refractivity (Wildman–Crippen MR) is 157 cm³/mol. The number of carboxylic acid groups (broad SMARTS) is 1. The van der Waals surface area contributed by atoms with Gasteiger partial charge < -0.3 is 32.5 Å². The van der Waals surface area contributed by atoms with Gasteiger partial charge in [0.25, 0.3) is 28.6 Å². The molecule has 2 heterocycles. The maximum absolute atomic E-state index is 13.4. The van der Waals surface area contributed by atoms with Crippen molar-refractivity contribution in [3.8, 4) is 0 Å². The van der Waals surface area contributed by atoms with Crippen LogP contribution in [0, 0.1) is 0 Å². The minimum atomic E-state index is -1.09. The van der Waals surface area contributed by atoms with Crippen LogP contribution in [0.1, 0.15) is 65.9 Å². The zero-order chi connectivity index (χ0) is 31.7. The minimum absolute atomic E-state index is 0.00174. The molecule has 0 spiro atoms. The number of primary amides is 1. The Balaban J connectivity index is 1.37. The number of nitrogens with one attached hydrogen (secondary N) is 3. The van der Waals surface area contributed by atoms with Gasteiger partial charge in [-0.1, -0.05) is 24.3 Å². The number of rotatable bonds is 10. The third-order valence-electron chi connectivity index (χ3n) is 6.80. The molecule has 8 N–H and O–H groups in total. The number of amides is 3. The van der Waals surface area contributed by atoms with Crippen LogP contribution >= 0.6 is 0 Å². The summed E-state index contributed by atoms with van der Waals surface area (Å²) in [4.78, 5) is 81.0. The van der Waals surface area contributed by atoms with Gasteiger partial charge in [0.15, 0.2) is 11.3 Å². The van der Waals surface area contributed by atoms with Gasteiger partial charge in [0, 0.05) is 12.2 Å². The van der Waals surface area contributed by atoms with Crippen LogP contribution in [-0.2, 0) is 6.54 Å². The third kappa shape index (κ3) is 5.56. The molecule has 0 radical (unpaired) electrons. The number of hydrogen-bond donors (Lipinski definition) is 6. The third-order valence-corrected chi connectivity index (χ3v) is 6.80. The Kier molecular flexibility index (Phi) is 7.60. The fourth-order valence-electron chi connectivity index (χ4n) is 4.41. The molecule has 0 unspecified atom stereocenters. The maximum atomic E-state index is 13.4. The number of aromatic carboxylic acids is 1. The molecule has 0 aliphatic rings. The van der Waals surface area contributed by atoms with Crippen LogP contribution in [0.2, 0.25) is 0 Å². The highest BCUT2D eigenvalue weighted by molar-refractivity contribution is 6.01. The summed E-state index contributed by atoms with van der Waals surface area (Å²) in [6, 6.07) is 13.3. The number of nitrogen functional groups attached to an aromatic ring is 1. The highest BCUT2D eigenvalue weighted by Crippen LogP contribution is 2.20. The van der Waals surface area contributed by atoms with E-state index in [1.165, 1.54) is 28.9 Å². The number of aromatic nitrogens is 3. The van der Waals surface area contributed by atoms with Crippen LogP contribution in [0.5, 0.6) is 0 Å². The smallest absolute Gasteiger partial charge is 0.335 e. The first-order valence-electron chi connectivity index (χ1n) is 13.0. The Morgan fingerprint density at radius 2 is 1.73 bits per heavy atom. The Labute approximate surface area is 247 Å². The predicted octanol–water partition coefficient (Wildman–Crippen LogP) is 0.869. The van der Waals surface area contributed by atoms with Crippen molar-refractivity contribution >= 4 is 46.4 Å². The van der Waals surface area contributed by atoms with Crippen molar-refractivity contribution in [2.45, 2.75) is 19.5 Å². The monoisotopic (exact) mass is 596 g/mol. The first-order chi connectivity index (χ1) is 20.9. The molecule has 5 aromatic rings. The van der Waals surface area contributed by atoms with Gasteiger partial charge in [-0.15, -0.1) is 0 Å². The van der Waals surface area contributed by atoms with Crippen molar-refractivity contribution in [2.24, 2.45) is 5.73 Å². The van der Waals surface area contributed by atoms with E-state index in [9.17, 15) is 28.8 Å². The molecule has 0 saturated carbocycles.